The normalized spacial score (nSPS) is 10.9. The van der Waals surface area contributed by atoms with Gasteiger partial charge in [-0.2, -0.15) is 0 Å². The lowest BCUT2D eigenvalue weighted by Gasteiger charge is -2.23. The molecule has 1 N–H and O–H groups in total. The quantitative estimate of drug-likeness (QED) is 0.398. The molecule has 0 fully saturated rings. The van der Waals surface area contributed by atoms with Crippen LogP contribution in [0.5, 0.6) is 0 Å². The van der Waals surface area contributed by atoms with Crippen LogP contribution in [0.3, 0.4) is 0 Å². The van der Waals surface area contributed by atoms with E-state index in [9.17, 15) is 4.79 Å². The molecule has 0 spiro atoms. The topological polar surface area (TPSA) is 61.9 Å². The Morgan fingerprint density at radius 3 is 2.44 bits per heavy atom. The summed E-state index contributed by atoms with van der Waals surface area (Å²) in [7, 11) is 0. The van der Waals surface area contributed by atoms with Crippen LogP contribution in [-0.4, -0.2) is 25.8 Å². The smallest absolute Gasteiger partial charge is 0.254 e. The van der Waals surface area contributed by atoms with E-state index in [4.69, 9.17) is 0 Å². The maximum absolute atomic E-state index is 13.5. The van der Waals surface area contributed by atoms with Crippen molar-refractivity contribution < 1.29 is 4.79 Å². The molecule has 5 nitrogen and oxygen atoms in total. The molecule has 2 heterocycles. The highest BCUT2D eigenvalue weighted by molar-refractivity contribution is 5.97. The van der Waals surface area contributed by atoms with E-state index < -0.39 is 0 Å². The lowest BCUT2D eigenvalue weighted by atomic mass is 10.0. The number of aromatic amines is 1. The molecule has 5 rings (SSSR count). The molecule has 0 aliphatic rings. The first-order chi connectivity index (χ1) is 15.8. The van der Waals surface area contributed by atoms with E-state index in [2.05, 4.69) is 51.4 Å². The monoisotopic (exact) mass is 418 g/mol. The van der Waals surface area contributed by atoms with Gasteiger partial charge >= 0.3 is 0 Å². The molecule has 2 aromatic heterocycles. The predicted octanol–water partition coefficient (Wildman–Crippen LogP) is 5.47. The third kappa shape index (κ3) is 4.27. The maximum atomic E-state index is 13.5. The number of nitrogens with zero attached hydrogens (tertiary/aromatic N) is 3. The Kier molecular flexibility index (Phi) is 5.45. The van der Waals surface area contributed by atoms with Crippen LogP contribution in [0.2, 0.25) is 0 Å². The Morgan fingerprint density at radius 2 is 1.66 bits per heavy atom. The summed E-state index contributed by atoms with van der Waals surface area (Å²) in [6.07, 6.45) is 5.14. The first-order valence-electron chi connectivity index (χ1n) is 10.5. The number of H-pyrrole nitrogens is 1. The van der Waals surface area contributed by atoms with Gasteiger partial charge in [-0.1, -0.05) is 60.7 Å². The van der Waals surface area contributed by atoms with E-state index >= 15 is 0 Å². The van der Waals surface area contributed by atoms with Crippen molar-refractivity contribution in [3.63, 3.8) is 0 Å². The number of amides is 1. The van der Waals surface area contributed by atoms with Gasteiger partial charge in [0.25, 0.3) is 5.91 Å². The minimum Gasteiger partial charge on any atom is -0.347 e. The second-order valence-electron chi connectivity index (χ2n) is 7.71. The molecule has 0 saturated carbocycles. The minimum absolute atomic E-state index is 0.0301. The fourth-order valence-electron chi connectivity index (χ4n) is 3.82. The highest BCUT2D eigenvalue weighted by atomic mass is 16.2. The van der Waals surface area contributed by atoms with Gasteiger partial charge in [-0.3, -0.25) is 9.78 Å². The number of pyridine rings is 1. The lowest BCUT2D eigenvalue weighted by molar-refractivity contribution is 0.0728. The SMILES string of the molecule is O=C(c1ccc2ncccc2c1)N(Cc1ccc(-c2ccccc2)cc1)Cc1cnc[nH]1. The number of imidazole rings is 1. The zero-order valence-corrected chi connectivity index (χ0v) is 17.5. The van der Waals surface area contributed by atoms with Gasteiger partial charge in [0.05, 0.1) is 24.1 Å². The highest BCUT2D eigenvalue weighted by Gasteiger charge is 2.18. The van der Waals surface area contributed by atoms with E-state index in [-0.39, 0.29) is 5.91 Å². The van der Waals surface area contributed by atoms with Crippen molar-refractivity contribution in [2.45, 2.75) is 13.1 Å². The molecular weight excluding hydrogens is 396 g/mol. The predicted molar refractivity (Wildman–Crippen MR) is 126 cm³/mol. The third-order valence-corrected chi connectivity index (χ3v) is 5.49. The average Bonchev–Trinajstić information content (AvgIpc) is 3.37. The number of rotatable bonds is 6. The fraction of sp³-hybridized carbons (Fsp3) is 0.0741. The number of aromatic nitrogens is 3. The standard InChI is InChI=1S/C27H22N4O/c32-27(24-12-13-26-23(15-24)7-4-14-29-26)31(18-25-16-28-19-30-25)17-20-8-10-22(11-9-20)21-5-2-1-3-6-21/h1-16,19H,17-18H2,(H,28,30). The van der Waals surface area contributed by atoms with E-state index in [1.807, 2.05) is 53.4 Å². The van der Waals surface area contributed by atoms with Crippen LogP contribution in [0.25, 0.3) is 22.0 Å². The molecule has 32 heavy (non-hydrogen) atoms. The molecular formula is C27H22N4O. The molecule has 156 valence electrons. The van der Waals surface area contributed by atoms with Crippen LogP contribution in [0.1, 0.15) is 21.6 Å². The second-order valence-corrected chi connectivity index (χ2v) is 7.71. The van der Waals surface area contributed by atoms with Crippen molar-refractivity contribution in [2.75, 3.05) is 0 Å². The van der Waals surface area contributed by atoms with Crippen molar-refractivity contribution in [3.8, 4) is 11.1 Å². The summed E-state index contributed by atoms with van der Waals surface area (Å²) in [6, 6.07) is 28.1. The van der Waals surface area contributed by atoms with E-state index in [1.54, 1.807) is 18.7 Å². The van der Waals surface area contributed by atoms with E-state index in [0.717, 1.165) is 27.7 Å². The molecule has 3 aromatic carbocycles. The third-order valence-electron chi connectivity index (χ3n) is 5.49. The van der Waals surface area contributed by atoms with Gasteiger partial charge in [0.1, 0.15) is 0 Å². The maximum Gasteiger partial charge on any atom is 0.254 e. The Balaban J connectivity index is 1.42. The van der Waals surface area contributed by atoms with Gasteiger partial charge in [-0.05, 0) is 41.0 Å². The van der Waals surface area contributed by atoms with Crippen LogP contribution in [0.4, 0.5) is 0 Å². The van der Waals surface area contributed by atoms with Crippen molar-refractivity contribution in [2.24, 2.45) is 0 Å². The van der Waals surface area contributed by atoms with Crippen molar-refractivity contribution in [1.29, 1.82) is 0 Å². The van der Waals surface area contributed by atoms with Gasteiger partial charge in [-0.25, -0.2) is 4.98 Å². The number of carbonyl (C=O) groups is 1. The number of hydrogen-bond donors (Lipinski definition) is 1. The van der Waals surface area contributed by atoms with Crippen molar-refractivity contribution in [3.05, 3.63) is 120 Å². The zero-order valence-electron chi connectivity index (χ0n) is 17.5. The molecule has 0 unspecified atom stereocenters. The molecule has 0 radical (unpaired) electrons. The van der Waals surface area contributed by atoms with Crippen LogP contribution in [0.15, 0.2) is 104 Å². The Morgan fingerprint density at radius 1 is 0.844 bits per heavy atom. The highest BCUT2D eigenvalue weighted by Crippen LogP contribution is 2.21. The van der Waals surface area contributed by atoms with Crippen LogP contribution in [0, 0.1) is 0 Å². The number of nitrogens with one attached hydrogen (secondary N) is 1. The van der Waals surface area contributed by atoms with Gasteiger partial charge in [0, 0.05) is 29.9 Å². The summed E-state index contributed by atoms with van der Waals surface area (Å²) in [4.78, 5) is 26.9. The average molecular weight is 419 g/mol. The molecule has 1 amide bonds. The first-order valence-corrected chi connectivity index (χ1v) is 10.5. The lowest BCUT2D eigenvalue weighted by Crippen LogP contribution is -2.30. The zero-order chi connectivity index (χ0) is 21.8. The summed E-state index contributed by atoms with van der Waals surface area (Å²) in [6.45, 7) is 0.947. The summed E-state index contributed by atoms with van der Waals surface area (Å²) in [5, 5.41) is 0.951. The van der Waals surface area contributed by atoms with Gasteiger partial charge in [0.15, 0.2) is 0 Å². The minimum atomic E-state index is -0.0301. The number of fused-ring (bicyclic) bond motifs is 1. The molecule has 5 aromatic rings. The van der Waals surface area contributed by atoms with E-state index in [1.165, 1.54) is 5.56 Å². The van der Waals surface area contributed by atoms with Crippen LogP contribution >= 0.6 is 0 Å². The Hall–Kier alpha value is -4.25. The molecule has 0 bridgehead atoms. The molecule has 0 aliphatic carbocycles. The van der Waals surface area contributed by atoms with Gasteiger partial charge < -0.3 is 9.88 Å². The van der Waals surface area contributed by atoms with Gasteiger partial charge in [0.2, 0.25) is 0 Å². The second kappa shape index (κ2) is 8.86. The van der Waals surface area contributed by atoms with Crippen LogP contribution < -0.4 is 0 Å². The van der Waals surface area contributed by atoms with Crippen molar-refractivity contribution >= 4 is 16.8 Å². The first kappa shape index (κ1) is 19.7. The number of hydrogen-bond acceptors (Lipinski definition) is 3. The Bertz CT molecular complexity index is 1330. The van der Waals surface area contributed by atoms with E-state index in [0.29, 0.717) is 18.7 Å². The molecule has 0 aliphatic heterocycles. The summed E-state index contributed by atoms with van der Waals surface area (Å²) in [5.41, 5.74) is 5.81. The summed E-state index contributed by atoms with van der Waals surface area (Å²) >= 11 is 0. The summed E-state index contributed by atoms with van der Waals surface area (Å²) < 4.78 is 0. The fourth-order valence-corrected chi connectivity index (χ4v) is 3.82. The Labute approximate surface area is 186 Å². The number of benzene rings is 3. The molecule has 0 atom stereocenters. The number of carbonyl (C=O) groups excluding carboxylic acids is 1. The molecule has 0 saturated heterocycles. The summed E-state index contributed by atoms with van der Waals surface area (Å²) in [5.74, 6) is -0.0301. The van der Waals surface area contributed by atoms with Crippen LogP contribution in [-0.2, 0) is 13.1 Å². The van der Waals surface area contributed by atoms with Crippen molar-refractivity contribution in [1.82, 2.24) is 19.9 Å². The van der Waals surface area contributed by atoms with Gasteiger partial charge in [-0.15, -0.1) is 0 Å². The molecule has 5 heteroatoms. The largest absolute Gasteiger partial charge is 0.347 e.